The molecular formula is C27H25N3O4S. The topological polar surface area (TPSA) is 95.6 Å². The number of nitriles is 1. The molecule has 8 heteroatoms. The van der Waals surface area contributed by atoms with Crippen molar-refractivity contribution in [2.45, 2.75) is 32.1 Å². The summed E-state index contributed by atoms with van der Waals surface area (Å²) < 4.78 is 10.8. The van der Waals surface area contributed by atoms with E-state index in [1.54, 1.807) is 36.4 Å². The zero-order valence-corrected chi connectivity index (χ0v) is 20.3. The second kappa shape index (κ2) is 11.0. The Balaban J connectivity index is 1.68. The fraction of sp³-hybridized carbons (Fsp3) is 0.222. The quantitative estimate of drug-likeness (QED) is 0.365. The smallest absolute Gasteiger partial charge is 0.265 e. The van der Waals surface area contributed by atoms with Crippen molar-refractivity contribution in [3.8, 4) is 11.8 Å². The first-order valence-electron chi connectivity index (χ1n) is 11.2. The van der Waals surface area contributed by atoms with Crippen molar-refractivity contribution in [2.24, 2.45) is 0 Å². The SMILES string of the molecule is CCOc1ccc(N2C(=O)C(Cc3ccccc3C)S/C2=C(/C#N)C(=O)NCc2ccco2)cc1. The summed E-state index contributed by atoms with van der Waals surface area (Å²) in [4.78, 5) is 28.1. The second-order valence-corrected chi connectivity index (χ2v) is 9.08. The Bertz CT molecular complexity index is 1280. The Morgan fingerprint density at radius 3 is 2.60 bits per heavy atom. The molecule has 4 rings (SSSR count). The molecule has 178 valence electrons. The zero-order chi connectivity index (χ0) is 24.8. The Kier molecular flexibility index (Phi) is 7.58. The lowest BCUT2D eigenvalue weighted by molar-refractivity contribution is -0.117. The van der Waals surface area contributed by atoms with E-state index in [0.29, 0.717) is 35.3 Å². The summed E-state index contributed by atoms with van der Waals surface area (Å²) >= 11 is 1.24. The standard InChI is InChI=1S/C27H25N3O4S/c1-3-33-21-12-10-20(11-13-21)30-26(32)24(15-19-8-5-4-7-18(19)2)35-27(30)23(16-28)25(31)29-17-22-9-6-14-34-22/h4-14,24H,3,15,17H2,1-2H3,(H,29,31)/b27-23-. The molecule has 1 atom stereocenters. The number of thioether (sulfide) groups is 1. The molecule has 7 nitrogen and oxygen atoms in total. The number of furan rings is 1. The summed E-state index contributed by atoms with van der Waals surface area (Å²) in [5.74, 6) is 0.501. The van der Waals surface area contributed by atoms with Gasteiger partial charge in [-0.1, -0.05) is 36.0 Å². The van der Waals surface area contributed by atoms with Crippen molar-refractivity contribution >= 4 is 29.3 Å². The summed E-state index contributed by atoms with van der Waals surface area (Å²) in [6, 6.07) is 20.4. The van der Waals surface area contributed by atoms with E-state index in [-0.39, 0.29) is 18.0 Å². The third-order valence-electron chi connectivity index (χ3n) is 5.58. The summed E-state index contributed by atoms with van der Waals surface area (Å²) in [5, 5.41) is 12.5. The van der Waals surface area contributed by atoms with Crippen LogP contribution >= 0.6 is 11.8 Å². The predicted octanol–water partition coefficient (Wildman–Crippen LogP) is 4.73. The molecule has 35 heavy (non-hydrogen) atoms. The Labute approximate surface area is 208 Å². The molecule has 1 unspecified atom stereocenters. The molecule has 1 N–H and O–H groups in total. The van der Waals surface area contributed by atoms with Crippen molar-refractivity contribution in [1.29, 1.82) is 5.26 Å². The van der Waals surface area contributed by atoms with Crippen LogP contribution in [-0.4, -0.2) is 23.7 Å². The van der Waals surface area contributed by atoms with Gasteiger partial charge in [0.25, 0.3) is 5.91 Å². The minimum absolute atomic E-state index is 0.115. The van der Waals surface area contributed by atoms with Crippen LogP contribution in [0.3, 0.4) is 0 Å². The molecule has 1 saturated heterocycles. The van der Waals surface area contributed by atoms with Crippen LogP contribution in [0, 0.1) is 18.3 Å². The van der Waals surface area contributed by atoms with E-state index in [9.17, 15) is 14.9 Å². The van der Waals surface area contributed by atoms with Gasteiger partial charge in [0.15, 0.2) is 0 Å². The molecule has 3 aromatic rings. The van der Waals surface area contributed by atoms with E-state index in [1.165, 1.54) is 22.9 Å². The largest absolute Gasteiger partial charge is 0.494 e. The summed E-state index contributed by atoms with van der Waals surface area (Å²) in [6.07, 6.45) is 2.00. The van der Waals surface area contributed by atoms with Gasteiger partial charge in [0.05, 0.1) is 24.7 Å². The van der Waals surface area contributed by atoms with Crippen molar-refractivity contribution in [2.75, 3.05) is 11.5 Å². The van der Waals surface area contributed by atoms with Gasteiger partial charge in [0.1, 0.15) is 28.2 Å². The summed E-state index contributed by atoms with van der Waals surface area (Å²) in [7, 11) is 0. The monoisotopic (exact) mass is 487 g/mol. The number of carbonyl (C=O) groups is 2. The number of nitrogens with one attached hydrogen (secondary N) is 1. The molecule has 2 amide bonds. The first-order chi connectivity index (χ1) is 17.0. The number of ether oxygens (including phenoxy) is 1. The average Bonchev–Trinajstić information content (AvgIpc) is 3.49. The molecule has 1 aliphatic heterocycles. The third-order valence-corrected chi connectivity index (χ3v) is 6.84. The number of hydrogen-bond acceptors (Lipinski definition) is 6. The minimum atomic E-state index is -0.563. The molecular weight excluding hydrogens is 462 g/mol. The van der Waals surface area contributed by atoms with E-state index >= 15 is 0 Å². The highest BCUT2D eigenvalue weighted by Gasteiger charge is 2.41. The highest BCUT2D eigenvalue weighted by atomic mass is 32.2. The normalized spacial score (nSPS) is 16.7. The fourth-order valence-electron chi connectivity index (χ4n) is 3.79. The van der Waals surface area contributed by atoms with Gasteiger partial charge in [-0.3, -0.25) is 14.5 Å². The van der Waals surface area contributed by atoms with E-state index in [0.717, 1.165) is 11.1 Å². The van der Waals surface area contributed by atoms with Gasteiger partial charge in [-0.05, 0) is 67.8 Å². The first-order valence-corrected chi connectivity index (χ1v) is 12.1. The van der Waals surface area contributed by atoms with E-state index in [1.807, 2.05) is 44.2 Å². The number of aryl methyl sites for hydroxylation is 1. The minimum Gasteiger partial charge on any atom is -0.494 e. The first kappa shape index (κ1) is 24.2. The molecule has 0 saturated carbocycles. The van der Waals surface area contributed by atoms with E-state index in [4.69, 9.17) is 9.15 Å². The molecule has 0 spiro atoms. The van der Waals surface area contributed by atoms with Gasteiger partial charge in [0, 0.05) is 5.69 Å². The fourth-order valence-corrected chi connectivity index (χ4v) is 5.08. The van der Waals surface area contributed by atoms with Crippen molar-refractivity contribution in [3.63, 3.8) is 0 Å². The Hall–Kier alpha value is -3.96. The lowest BCUT2D eigenvalue weighted by Gasteiger charge is -2.19. The molecule has 0 radical (unpaired) electrons. The van der Waals surface area contributed by atoms with Crippen molar-refractivity contribution < 1.29 is 18.7 Å². The van der Waals surface area contributed by atoms with Crippen LogP contribution in [0.5, 0.6) is 5.75 Å². The molecule has 0 bridgehead atoms. The molecule has 2 aromatic carbocycles. The number of anilines is 1. The average molecular weight is 488 g/mol. The third kappa shape index (κ3) is 5.42. The number of rotatable bonds is 8. The molecule has 1 aliphatic rings. The number of nitrogens with zero attached hydrogens (tertiary/aromatic N) is 2. The van der Waals surface area contributed by atoms with Crippen LogP contribution in [0.25, 0.3) is 0 Å². The summed E-state index contributed by atoms with van der Waals surface area (Å²) in [6.45, 7) is 4.56. The van der Waals surface area contributed by atoms with Crippen LogP contribution in [-0.2, 0) is 22.6 Å². The maximum atomic E-state index is 13.6. The lowest BCUT2D eigenvalue weighted by Crippen LogP contribution is -2.32. The van der Waals surface area contributed by atoms with Gasteiger partial charge in [-0.15, -0.1) is 0 Å². The van der Waals surface area contributed by atoms with Crippen LogP contribution < -0.4 is 15.0 Å². The van der Waals surface area contributed by atoms with Crippen LogP contribution in [0.2, 0.25) is 0 Å². The van der Waals surface area contributed by atoms with Crippen molar-refractivity contribution in [3.05, 3.63) is 94.4 Å². The van der Waals surface area contributed by atoms with Gasteiger partial charge >= 0.3 is 0 Å². The van der Waals surface area contributed by atoms with Gasteiger partial charge in [0.2, 0.25) is 5.91 Å². The highest BCUT2D eigenvalue weighted by Crippen LogP contribution is 2.42. The highest BCUT2D eigenvalue weighted by molar-refractivity contribution is 8.05. The molecule has 1 aromatic heterocycles. The molecule has 2 heterocycles. The number of hydrogen-bond donors (Lipinski definition) is 1. The van der Waals surface area contributed by atoms with Crippen LogP contribution in [0.4, 0.5) is 5.69 Å². The maximum absolute atomic E-state index is 13.6. The number of benzene rings is 2. The van der Waals surface area contributed by atoms with E-state index in [2.05, 4.69) is 5.32 Å². The Morgan fingerprint density at radius 1 is 1.17 bits per heavy atom. The zero-order valence-electron chi connectivity index (χ0n) is 19.5. The Morgan fingerprint density at radius 2 is 1.94 bits per heavy atom. The van der Waals surface area contributed by atoms with Gasteiger partial charge in [-0.2, -0.15) is 5.26 Å². The lowest BCUT2D eigenvalue weighted by atomic mass is 10.0. The van der Waals surface area contributed by atoms with E-state index < -0.39 is 11.2 Å². The van der Waals surface area contributed by atoms with Crippen LogP contribution in [0.1, 0.15) is 23.8 Å². The predicted molar refractivity (Wildman–Crippen MR) is 135 cm³/mol. The van der Waals surface area contributed by atoms with Gasteiger partial charge < -0.3 is 14.5 Å². The van der Waals surface area contributed by atoms with Crippen LogP contribution in [0.15, 0.2) is 81.9 Å². The number of amides is 2. The molecule has 1 fully saturated rings. The van der Waals surface area contributed by atoms with Crippen molar-refractivity contribution in [1.82, 2.24) is 5.32 Å². The molecule has 0 aliphatic carbocycles. The maximum Gasteiger partial charge on any atom is 0.265 e. The summed E-state index contributed by atoms with van der Waals surface area (Å²) in [5.41, 5.74) is 2.59. The second-order valence-electron chi connectivity index (χ2n) is 7.89. The number of carbonyl (C=O) groups excluding carboxylic acids is 2. The van der Waals surface area contributed by atoms with Gasteiger partial charge in [-0.25, -0.2) is 0 Å².